The Hall–Kier alpha value is -1.42. The predicted octanol–water partition coefficient (Wildman–Crippen LogP) is 3.40. The predicted molar refractivity (Wildman–Crippen MR) is 66.5 cm³/mol. The summed E-state index contributed by atoms with van der Waals surface area (Å²) < 4.78 is 0.852. The van der Waals surface area contributed by atoms with Crippen LogP contribution in [0.2, 0.25) is 0 Å². The molecule has 16 heavy (non-hydrogen) atoms. The number of nitrogens with zero attached hydrogens (tertiary/aromatic N) is 2. The lowest BCUT2D eigenvalue weighted by atomic mass is 10.1. The fourth-order valence-electron chi connectivity index (χ4n) is 1.79. The Bertz CT molecular complexity index is 568. The lowest BCUT2D eigenvalue weighted by molar-refractivity contribution is 0.0856. The number of halogens is 1. The second kappa shape index (κ2) is 3.87. The first kappa shape index (κ1) is 9.78. The summed E-state index contributed by atoms with van der Waals surface area (Å²) in [7, 11) is 0. The maximum Gasteiger partial charge on any atom is 0.160 e. The Morgan fingerprint density at radius 3 is 3.00 bits per heavy atom. The molecule has 0 amide bonds. The highest BCUT2D eigenvalue weighted by Crippen LogP contribution is 2.29. The van der Waals surface area contributed by atoms with Gasteiger partial charge < -0.3 is 4.84 Å². The van der Waals surface area contributed by atoms with Crippen LogP contribution in [0.1, 0.15) is 18.1 Å². The van der Waals surface area contributed by atoms with E-state index in [1.165, 1.54) is 0 Å². The zero-order valence-corrected chi connectivity index (χ0v) is 10.0. The number of hydrogen-bond acceptors (Lipinski definition) is 3. The van der Waals surface area contributed by atoms with Crippen LogP contribution in [0.15, 0.2) is 41.7 Å². The van der Waals surface area contributed by atoms with Crippen LogP contribution in [0.5, 0.6) is 0 Å². The molecule has 1 unspecified atom stereocenters. The molecule has 4 heteroatoms. The minimum absolute atomic E-state index is 0.00789. The standard InChI is InChI=1S/C12H9BrN2O/c13-12-6-11(16-15-12)9-5-8-3-1-2-4-10(8)14-7-9/h1-5,7,11H,6H2. The third-order valence-corrected chi connectivity index (χ3v) is 3.08. The van der Waals surface area contributed by atoms with E-state index >= 15 is 0 Å². The van der Waals surface area contributed by atoms with Gasteiger partial charge in [0.25, 0.3) is 0 Å². The second-order valence-corrected chi connectivity index (χ2v) is 4.64. The highest BCUT2D eigenvalue weighted by molar-refractivity contribution is 9.18. The molecule has 80 valence electrons. The van der Waals surface area contributed by atoms with Crippen molar-refractivity contribution in [2.45, 2.75) is 12.5 Å². The summed E-state index contributed by atoms with van der Waals surface area (Å²) in [6.07, 6.45) is 2.63. The molecule has 2 heterocycles. The van der Waals surface area contributed by atoms with Gasteiger partial charge in [-0.3, -0.25) is 4.98 Å². The van der Waals surface area contributed by atoms with Crippen molar-refractivity contribution in [2.24, 2.45) is 5.16 Å². The van der Waals surface area contributed by atoms with Crippen molar-refractivity contribution in [3.05, 3.63) is 42.1 Å². The van der Waals surface area contributed by atoms with E-state index < -0.39 is 0 Å². The fourth-order valence-corrected chi connectivity index (χ4v) is 2.17. The monoisotopic (exact) mass is 276 g/mol. The van der Waals surface area contributed by atoms with Crippen LogP contribution in [0.4, 0.5) is 0 Å². The van der Waals surface area contributed by atoms with Gasteiger partial charge in [-0.25, -0.2) is 0 Å². The molecule has 3 rings (SSSR count). The SMILES string of the molecule is BrC1=NOC(c2cnc3ccccc3c2)C1. The van der Waals surface area contributed by atoms with Gasteiger partial charge in [-0.05, 0) is 28.1 Å². The molecule has 0 N–H and O–H groups in total. The summed E-state index contributed by atoms with van der Waals surface area (Å²) in [6, 6.07) is 10.2. The fraction of sp³-hybridized carbons (Fsp3) is 0.167. The Morgan fingerprint density at radius 2 is 2.19 bits per heavy atom. The zero-order chi connectivity index (χ0) is 11.0. The van der Waals surface area contributed by atoms with Crippen LogP contribution < -0.4 is 0 Å². The van der Waals surface area contributed by atoms with Crippen molar-refractivity contribution in [1.29, 1.82) is 0 Å². The van der Waals surface area contributed by atoms with Crippen LogP contribution in [0.25, 0.3) is 10.9 Å². The summed E-state index contributed by atoms with van der Waals surface area (Å²) in [5, 5.41) is 5.01. The molecular formula is C12H9BrN2O. The topological polar surface area (TPSA) is 34.5 Å². The van der Waals surface area contributed by atoms with Crippen molar-refractivity contribution < 1.29 is 4.84 Å². The lowest BCUT2D eigenvalue weighted by Crippen LogP contribution is -1.97. The van der Waals surface area contributed by atoms with Crippen LogP contribution in [-0.4, -0.2) is 9.60 Å². The molecule has 2 aromatic rings. The number of para-hydroxylation sites is 1. The zero-order valence-electron chi connectivity index (χ0n) is 8.43. The summed E-state index contributed by atoms with van der Waals surface area (Å²) in [6.45, 7) is 0. The van der Waals surface area contributed by atoms with E-state index in [-0.39, 0.29) is 6.10 Å². The van der Waals surface area contributed by atoms with E-state index in [2.05, 4.69) is 38.2 Å². The maximum absolute atomic E-state index is 5.30. The normalized spacial score (nSPS) is 19.6. The van der Waals surface area contributed by atoms with Crippen LogP contribution in [0, 0.1) is 0 Å². The van der Waals surface area contributed by atoms with Crippen molar-refractivity contribution >= 4 is 31.5 Å². The molecule has 0 fully saturated rings. The molecule has 0 saturated heterocycles. The van der Waals surface area contributed by atoms with Crippen LogP contribution in [-0.2, 0) is 4.84 Å². The Balaban J connectivity index is 1.99. The van der Waals surface area contributed by atoms with Crippen LogP contribution in [0.3, 0.4) is 0 Å². The van der Waals surface area contributed by atoms with Crippen molar-refractivity contribution in [3.63, 3.8) is 0 Å². The number of rotatable bonds is 1. The number of aromatic nitrogens is 1. The Kier molecular flexibility index (Phi) is 2.36. The summed E-state index contributed by atoms with van der Waals surface area (Å²) >= 11 is 3.33. The molecule has 0 saturated carbocycles. The lowest BCUT2D eigenvalue weighted by Gasteiger charge is -2.08. The molecule has 0 spiro atoms. The summed E-state index contributed by atoms with van der Waals surface area (Å²) in [5.41, 5.74) is 2.07. The minimum Gasteiger partial charge on any atom is -0.386 e. The molecule has 0 aliphatic carbocycles. The van der Waals surface area contributed by atoms with Gasteiger partial charge in [-0.1, -0.05) is 23.4 Å². The molecule has 1 aromatic heterocycles. The molecule has 1 aliphatic rings. The number of oxime groups is 1. The number of pyridine rings is 1. The number of hydrogen-bond donors (Lipinski definition) is 0. The van der Waals surface area contributed by atoms with Gasteiger partial charge in [-0.15, -0.1) is 0 Å². The van der Waals surface area contributed by atoms with Gasteiger partial charge in [0.15, 0.2) is 6.10 Å². The maximum atomic E-state index is 5.30. The molecular weight excluding hydrogens is 268 g/mol. The molecule has 1 atom stereocenters. The van der Waals surface area contributed by atoms with E-state index in [4.69, 9.17) is 4.84 Å². The molecule has 0 radical (unpaired) electrons. The smallest absolute Gasteiger partial charge is 0.160 e. The molecule has 1 aliphatic heterocycles. The Labute approximate surface area is 101 Å². The second-order valence-electron chi connectivity index (χ2n) is 3.73. The third kappa shape index (κ3) is 1.69. The highest BCUT2D eigenvalue weighted by atomic mass is 79.9. The Morgan fingerprint density at radius 1 is 1.31 bits per heavy atom. The van der Waals surface area contributed by atoms with Gasteiger partial charge in [0, 0.05) is 23.6 Å². The van der Waals surface area contributed by atoms with Crippen LogP contribution >= 0.6 is 15.9 Å². The summed E-state index contributed by atoms with van der Waals surface area (Å²) in [4.78, 5) is 9.71. The van der Waals surface area contributed by atoms with Gasteiger partial charge >= 0.3 is 0 Å². The van der Waals surface area contributed by atoms with E-state index in [1.807, 2.05) is 24.4 Å². The molecule has 3 nitrogen and oxygen atoms in total. The first-order valence-electron chi connectivity index (χ1n) is 5.06. The first-order chi connectivity index (χ1) is 7.83. The van der Waals surface area contributed by atoms with E-state index in [0.29, 0.717) is 0 Å². The third-order valence-electron chi connectivity index (χ3n) is 2.62. The first-order valence-corrected chi connectivity index (χ1v) is 5.85. The number of benzene rings is 1. The van der Waals surface area contributed by atoms with Gasteiger partial charge in [0.2, 0.25) is 0 Å². The highest BCUT2D eigenvalue weighted by Gasteiger charge is 2.21. The summed E-state index contributed by atoms with van der Waals surface area (Å²) in [5.74, 6) is 0. The van der Waals surface area contributed by atoms with Crippen molar-refractivity contribution in [1.82, 2.24) is 4.98 Å². The quantitative estimate of drug-likeness (QED) is 0.800. The van der Waals surface area contributed by atoms with Gasteiger partial charge in [0.1, 0.15) is 4.62 Å². The van der Waals surface area contributed by atoms with E-state index in [0.717, 1.165) is 27.5 Å². The molecule has 0 bridgehead atoms. The molecule has 1 aromatic carbocycles. The largest absolute Gasteiger partial charge is 0.386 e. The van der Waals surface area contributed by atoms with Gasteiger partial charge in [-0.2, -0.15) is 0 Å². The van der Waals surface area contributed by atoms with Gasteiger partial charge in [0.05, 0.1) is 5.52 Å². The number of fused-ring (bicyclic) bond motifs is 1. The minimum atomic E-state index is -0.00789. The van der Waals surface area contributed by atoms with E-state index in [1.54, 1.807) is 0 Å². The average molecular weight is 277 g/mol. The van der Waals surface area contributed by atoms with E-state index in [9.17, 15) is 0 Å². The van der Waals surface area contributed by atoms with Crippen molar-refractivity contribution in [2.75, 3.05) is 0 Å². The average Bonchev–Trinajstić information content (AvgIpc) is 2.75. The van der Waals surface area contributed by atoms with Crippen molar-refractivity contribution in [3.8, 4) is 0 Å².